The van der Waals surface area contributed by atoms with Gasteiger partial charge >= 0.3 is 0 Å². The third-order valence-electron chi connectivity index (χ3n) is 3.83. The van der Waals surface area contributed by atoms with Crippen LogP contribution >= 0.6 is 0 Å². The third-order valence-corrected chi connectivity index (χ3v) is 3.83. The molecule has 1 N–H and O–H groups in total. The van der Waals surface area contributed by atoms with Crippen molar-refractivity contribution in [3.05, 3.63) is 65.5 Å². The standard InChI is InChI=1S/C20H25N3/c1-15-10-13-18-21-17(12-11-16-8-6-5-7-9-16)19(23(18)14-15)22-20(2,3)4/h5-10,13-14,22H,11-12H2,1-4H3. The van der Waals surface area contributed by atoms with Gasteiger partial charge < -0.3 is 5.32 Å². The van der Waals surface area contributed by atoms with E-state index < -0.39 is 0 Å². The first-order chi connectivity index (χ1) is 10.9. The molecule has 120 valence electrons. The molecule has 0 unspecified atom stereocenters. The Morgan fingerprint density at radius 1 is 1.00 bits per heavy atom. The monoisotopic (exact) mass is 307 g/mol. The second-order valence-corrected chi connectivity index (χ2v) is 7.20. The number of nitrogens with one attached hydrogen (secondary N) is 1. The molecule has 0 aliphatic heterocycles. The van der Waals surface area contributed by atoms with Gasteiger partial charge in [0.2, 0.25) is 0 Å². The van der Waals surface area contributed by atoms with Crippen molar-refractivity contribution >= 4 is 11.5 Å². The molecule has 0 saturated carbocycles. The molecule has 2 heterocycles. The van der Waals surface area contributed by atoms with Crippen LogP contribution in [0.5, 0.6) is 0 Å². The molecule has 0 spiro atoms. The largest absolute Gasteiger partial charge is 0.365 e. The zero-order valence-electron chi connectivity index (χ0n) is 14.4. The first-order valence-corrected chi connectivity index (χ1v) is 8.22. The summed E-state index contributed by atoms with van der Waals surface area (Å²) in [6.45, 7) is 8.67. The number of pyridine rings is 1. The summed E-state index contributed by atoms with van der Waals surface area (Å²) in [5.41, 5.74) is 4.73. The average Bonchev–Trinajstić information content (AvgIpc) is 2.82. The Morgan fingerprint density at radius 2 is 1.74 bits per heavy atom. The molecule has 1 aromatic carbocycles. The zero-order valence-corrected chi connectivity index (χ0v) is 14.4. The summed E-state index contributed by atoms with van der Waals surface area (Å²) in [5, 5.41) is 3.64. The van der Waals surface area contributed by atoms with Crippen molar-refractivity contribution < 1.29 is 0 Å². The van der Waals surface area contributed by atoms with E-state index in [-0.39, 0.29) is 5.54 Å². The lowest BCUT2D eigenvalue weighted by Gasteiger charge is -2.22. The lowest BCUT2D eigenvalue weighted by atomic mass is 10.1. The number of aromatic nitrogens is 2. The minimum absolute atomic E-state index is 0.00120. The maximum atomic E-state index is 4.85. The van der Waals surface area contributed by atoms with E-state index in [4.69, 9.17) is 4.98 Å². The summed E-state index contributed by atoms with van der Waals surface area (Å²) in [6.07, 6.45) is 4.09. The Hall–Kier alpha value is -2.29. The van der Waals surface area contributed by atoms with Crippen LogP contribution in [0.1, 0.15) is 37.6 Å². The van der Waals surface area contributed by atoms with Crippen LogP contribution in [-0.4, -0.2) is 14.9 Å². The van der Waals surface area contributed by atoms with Gasteiger partial charge in [0.15, 0.2) is 0 Å². The Kier molecular flexibility index (Phi) is 4.12. The summed E-state index contributed by atoms with van der Waals surface area (Å²) in [6, 6.07) is 14.8. The maximum Gasteiger partial charge on any atom is 0.138 e. The van der Waals surface area contributed by atoms with Gasteiger partial charge in [-0.15, -0.1) is 0 Å². The van der Waals surface area contributed by atoms with E-state index in [0.717, 1.165) is 30.0 Å². The van der Waals surface area contributed by atoms with Crippen molar-refractivity contribution in [2.45, 2.75) is 46.1 Å². The highest BCUT2D eigenvalue weighted by molar-refractivity contribution is 5.57. The lowest BCUT2D eigenvalue weighted by Crippen LogP contribution is -2.27. The molecule has 3 heteroatoms. The predicted octanol–water partition coefficient (Wildman–Crippen LogP) is 4.64. The number of hydrogen-bond acceptors (Lipinski definition) is 2. The fraction of sp³-hybridized carbons (Fsp3) is 0.350. The van der Waals surface area contributed by atoms with Crippen molar-refractivity contribution in [2.75, 3.05) is 5.32 Å². The quantitative estimate of drug-likeness (QED) is 0.761. The smallest absolute Gasteiger partial charge is 0.138 e. The van der Waals surface area contributed by atoms with E-state index in [2.05, 4.69) is 86.1 Å². The van der Waals surface area contributed by atoms with E-state index in [1.807, 2.05) is 0 Å². The maximum absolute atomic E-state index is 4.85. The van der Waals surface area contributed by atoms with Gasteiger partial charge in [-0.25, -0.2) is 4.98 Å². The van der Waals surface area contributed by atoms with Crippen LogP contribution in [0.4, 0.5) is 5.82 Å². The summed E-state index contributed by atoms with van der Waals surface area (Å²) in [5.74, 6) is 1.12. The van der Waals surface area contributed by atoms with Gasteiger partial charge in [-0.1, -0.05) is 36.4 Å². The molecule has 2 aromatic heterocycles. The van der Waals surface area contributed by atoms with Gasteiger partial charge in [0.05, 0.1) is 5.69 Å². The number of rotatable bonds is 4. The highest BCUT2D eigenvalue weighted by atomic mass is 15.2. The number of fused-ring (bicyclic) bond motifs is 1. The molecule has 0 atom stereocenters. The first kappa shape index (κ1) is 15.6. The molecule has 3 nitrogen and oxygen atoms in total. The number of anilines is 1. The third kappa shape index (κ3) is 3.73. The van der Waals surface area contributed by atoms with Gasteiger partial charge in [-0.3, -0.25) is 4.40 Å². The van der Waals surface area contributed by atoms with Crippen LogP contribution in [0.2, 0.25) is 0 Å². The van der Waals surface area contributed by atoms with Crippen molar-refractivity contribution in [2.24, 2.45) is 0 Å². The fourth-order valence-corrected chi connectivity index (χ4v) is 2.77. The predicted molar refractivity (Wildman–Crippen MR) is 97.2 cm³/mol. The number of imidazole rings is 1. The lowest BCUT2D eigenvalue weighted by molar-refractivity contribution is 0.627. The summed E-state index contributed by atoms with van der Waals surface area (Å²) < 4.78 is 2.18. The van der Waals surface area contributed by atoms with Gasteiger partial charge in [0.25, 0.3) is 0 Å². The highest BCUT2D eigenvalue weighted by Gasteiger charge is 2.18. The summed E-state index contributed by atoms with van der Waals surface area (Å²) in [7, 11) is 0. The van der Waals surface area contributed by atoms with Crippen molar-refractivity contribution in [1.29, 1.82) is 0 Å². The molecule has 3 rings (SSSR count). The first-order valence-electron chi connectivity index (χ1n) is 8.22. The number of nitrogens with zero attached hydrogens (tertiary/aromatic N) is 2. The van der Waals surface area contributed by atoms with Gasteiger partial charge in [-0.2, -0.15) is 0 Å². The highest BCUT2D eigenvalue weighted by Crippen LogP contribution is 2.24. The molecule has 0 aliphatic carbocycles. The molecule has 0 fully saturated rings. The molecule has 3 aromatic rings. The Balaban J connectivity index is 1.96. The van der Waals surface area contributed by atoms with E-state index in [9.17, 15) is 0 Å². The van der Waals surface area contributed by atoms with Crippen LogP contribution in [0.15, 0.2) is 48.7 Å². The van der Waals surface area contributed by atoms with E-state index in [1.165, 1.54) is 11.1 Å². The Morgan fingerprint density at radius 3 is 2.43 bits per heavy atom. The number of benzene rings is 1. The van der Waals surface area contributed by atoms with Crippen molar-refractivity contribution in [3.8, 4) is 0 Å². The Labute approximate surface area is 138 Å². The molecule has 0 saturated heterocycles. The minimum Gasteiger partial charge on any atom is -0.365 e. The number of aryl methyl sites for hydroxylation is 3. The Bertz CT molecular complexity index is 795. The molecule has 0 amide bonds. The zero-order chi connectivity index (χ0) is 16.4. The SMILES string of the molecule is Cc1ccc2nc(CCc3ccccc3)c(NC(C)(C)C)n2c1. The van der Waals surface area contributed by atoms with Gasteiger partial charge in [-0.05, 0) is 57.7 Å². The molecule has 0 aliphatic rings. The van der Waals surface area contributed by atoms with Crippen LogP contribution in [0, 0.1) is 6.92 Å². The second kappa shape index (κ2) is 6.07. The molecular weight excluding hydrogens is 282 g/mol. The normalized spacial score (nSPS) is 11.8. The fourth-order valence-electron chi connectivity index (χ4n) is 2.77. The minimum atomic E-state index is 0.00120. The van der Waals surface area contributed by atoms with Gasteiger partial charge in [0, 0.05) is 11.7 Å². The van der Waals surface area contributed by atoms with E-state index in [0.29, 0.717) is 0 Å². The van der Waals surface area contributed by atoms with Crippen LogP contribution in [-0.2, 0) is 12.8 Å². The number of hydrogen-bond donors (Lipinski definition) is 1. The van der Waals surface area contributed by atoms with E-state index >= 15 is 0 Å². The van der Waals surface area contributed by atoms with Crippen molar-refractivity contribution in [3.63, 3.8) is 0 Å². The summed E-state index contributed by atoms with van der Waals surface area (Å²) >= 11 is 0. The van der Waals surface area contributed by atoms with Crippen LogP contribution in [0.25, 0.3) is 5.65 Å². The topological polar surface area (TPSA) is 29.3 Å². The van der Waals surface area contributed by atoms with Crippen LogP contribution < -0.4 is 5.32 Å². The summed E-state index contributed by atoms with van der Waals surface area (Å²) in [4.78, 5) is 4.85. The average molecular weight is 307 g/mol. The molecule has 0 radical (unpaired) electrons. The molecule has 0 bridgehead atoms. The van der Waals surface area contributed by atoms with Crippen LogP contribution in [0.3, 0.4) is 0 Å². The second-order valence-electron chi connectivity index (χ2n) is 7.20. The van der Waals surface area contributed by atoms with Crippen molar-refractivity contribution in [1.82, 2.24) is 9.38 Å². The van der Waals surface area contributed by atoms with Gasteiger partial charge in [0.1, 0.15) is 11.5 Å². The molecule has 23 heavy (non-hydrogen) atoms. The van der Waals surface area contributed by atoms with E-state index in [1.54, 1.807) is 0 Å². The molecular formula is C20H25N3.